The van der Waals surface area contributed by atoms with Crippen molar-refractivity contribution in [3.63, 3.8) is 0 Å². The molecule has 4 heteroatoms. The molecule has 0 spiro atoms. The first kappa shape index (κ1) is 14.8. The predicted molar refractivity (Wildman–Crippen MR) is 76.1 cm³/mol. The van der Waals surface area contributed by atoms with E-state index in [4.69, 9.17) is 4.74 Å². The van der Waals surface area contributed by atoms with Crippen LogP contribution in [0, 0.1) is 0 Å². The minimum Gasteiger partial charge on any atom is -0.468 e. The highest BCUT2D eigenvalue weighted by atomic mass is 16.5. The maximum absolute atomic E-state index is 11.8. The molecule has 0 saturated carbocycles. The van der Waals surface area contributed by atoms with Crippen LogP contribution in [0.25, 0.3) is 0 Å². The minimum absolute atomic E-state index is 0.00708. The zero-order valence-electron chi connectivity index (χ0n) is 12.4. The van der Waals surface area contributed by atoms with Crippen LogP contribution < -0.4 is 0 Å². The van der Waals surface area contributed by atoms with Gasteiger partial charge in [0.1, 0.15) is 6.04 Å². The highest BCUT2D eigenvalue weighted by Gasteiger charge is 2.30. The zero-order valence-corrected chi connectivity index (χ0v) is 12.4. The molecule has 2 fully saturated rings. The lowest BCUT2D eigenvalue weighted by Gasteiger charge is -2.37. The van der Waals surface area contributed by atoms with Crippen molar-refractivity contribution in [2.24, 2.45) is 0 Å². The Balaban J connectivity index is 1.83. The molecule has 2 saturated heterocycles. The smallest absolute Gasteiger partial charge is 0.323 e. The van der Waals surface area contributed by atoms with E-state index in [1.165, 1.54) is 45.8 Å². The van der Waals surface area contributed by atoms with Gasteiger partial charge in [0.15, 0.2) is 0 Å². The lowest BCUT2D eigenvalue weighted by Crippen LogP contribution is -2.47. The Labute approximate surface area is 117 Å². The fourth-order valence-corrected chi connectivity index (χ4v) is 3.49. The van der Waals surface area contributed by atoms with Crippen LogP contribution in [0.4, 0.5) is 0 Å². The molecule has 0 bridgehead atoms. The summed E-state index contributed by atoms with van der Waals surface area (Å²) in [5, 5.41) is 0. The Morgan fingerprint density at radius 3 is 2.63 bits per heavy atom. The number of likely N-dealkylation sites (tertiary alicyclic amines) is 2. The molecule has 0 N–H and O–H groups in total. The van der Waals surface area contributed by atoms with E-state index < -0.39 is 0 Å². The Bertz CT molecular complexity index is 296. The molecule has 4 nitrogen and oxygen atoms in total. The zero-order chi connectivity index (χ0) is 13.7. The number of carbonyl (C=O) groups is 1. The lowest BCUT2D eigenvalue weighted by atomic mass is 9.97. The Morgan fingerprint density at radius 2 is 1.89 bits per heavy atom. The van der Waals surface area contributed by atoms with E-state index >= 15 is 0 Å². The molecule has 2 heterocycles. The van der Waals surface area contributed by atoms with Gasteiger partial charge < -0.3 is 9.64 Å². The fraction of sp³-hybridized carbons (Fsp3) is 0.933. The normalized spacial score (nSPS) is 30.2. The summed E-state index contributed by atoms with van der Waals surface area (Å²) < 4.78 is 4.94. The number of hydrogen-bond acceptors (Lipinski definition) is 4. The number of nitrogens with zero attached hydrogens (tertiary/aromatic N) is 2. The topological polar surface area (TPSA) is 32.8 Å². The van der Waals surface area contributed by atoms with E-state index in [1.54, 1.807) is 0 Å². The van der Waals surface area contributed by atoms with Gasteiger partial charge in [-0.2, -0.15) is 0 Å². The molecular weight excluding hydrogens is 240 g/mol. The third-order valence-electron chi connectivity index (χ3n) is 4.76. The van der Waals surface area contributed by atoms with Gasteiger partial charge in [-0.05, 0) is 52.2 Å². The Morgan fingerprint density at radius 1 is 1.16 bits per heavy atom. The van der Waals surface area contributed by atoms with Crippen molar-refractivity contribution >= 4 is 5.97 Å². The van der Waals surface area contributed by atoms with Crippen molar-refractivity contribution in [2.75, 3.05) is 33.8 Å². The van der Waals surface area contributed by atoms with Gasteiger partial charge in [-0.15, -0.1) is 0 Å². The average Bonchev–Trinajstić information content (AvgIpc) is 2.46. The van der Waals surface area contributed by atoms with E-state index in [2.05, 4.69) is 16.8 Å². The first-order valence-electron chi connectivity index (χ1n) is 7.74. The largest absolute Gasteiger partial charge is 0.468 e. The van der Waals surface area contributed by atoms with Gasteiger partial charge in [0.05, 0.1) is 7.11 Å². The average molecular weight is 268 g/mol. The van der Waals surface area contributed by atoms with Crippen LogP contribution in [0.15, 0.2) is 0 Å². The highest BCUT2D eigenvalue weighted by molar-refractivity contribution is 5.75. The monoisotopic (exact) mass is 268 g/mol. The van der Waals surface area contributed by atoms with Crippen LogP contribution in [0.3, 0.4) is 0 Å². The lowest BCUT2D eigenvalue weighted by molar-refractivity contribution is -0.148. The summed E-state index contributed by atoms with van der Waals surface area (Å²) in [6, 6.07) is 0.710. The fourth-order valence-electron chi connectivity index (χ4n) is 3.49. The third kappa shape index (κ3) is 3.93. The van der Waals surface area contributed by atoms with Crippen LogP contribution in [-0.4, -0.2) is 61.6 Å². The van der Waals surface area contributed by atoms with Crippen LogP contribution in [0.5, 0.6) is 0 Å². The molecular formula is C15H28N2O2. The molecule has 2 atom stereocenters. The summed E-state index contributed by atoms with van der Waals surface area (Å²) in [5.74, 6) is -0.0447. The van der Waals surface area contributed by atoms with Gasteiger partial charge in [-0.1, -0.05) is 12.8 Å². The molecule has 2 aliphatic heterocycles. The molecule has 0 amide bonds. The van der Waals surface area contributed by atoms with E-state index in [1.807, 2.05) is 0 Å². The number of carbonyl (C=O) groups excluding carboxylic acids is 1. The van der Waals surface area contributed by atoms with Crippen LogP contribution >= 0.6 is 0 Å². The van der Waals surface area contributed by atoms with Gasteiger partial charge in [-0.3, -0.25) is 9.69 Å². The van der Waals surface area contributed by atoms with Crippen LogP contribution in [0.1, 0.15) is 44.9 Å². The first-order valence-corrected chi connectivity index (χ1v) is 7.74. The summed E-state index contributed by atoms with van der Waals surface area (Å²) >= 11 is 0. The molecule has 0 aromatic rings. The van der Waals surface area contributed by atoms with Gasteiger partial charge in [0, 0.05) is 12.6 Å². The summed E-state index contributed by atoms with van der Waals surface area (Å²) in [5.41, 5.74) is 0. The molecule has 2 rings (SSSR count). The van der Waals surface area contributed by atoms with Crippen molar-refractivity contribution in [2.45, 2.75) is 57.0 Å². The van der Waals surface area contributed by atoms with Crippen molar-refractivity contribution in [3.05, 3.63) is 0 Å². The standard InChI is InChI=1S/C15H28N2O2/c1-16-10-5-3-7-13(16)9-12-17-11-6-4-8-14(17)15(18)19-2/h13-14H,3-12H2,1-2H3/t13?,14-/m1/s1. The van der Waals surface area contributed by atoms with Gasteiger partial charge in [0.25, 0.3) is 0 Å². The SMILES string of the molecule is COC(=O)[C@H]1CCCCN1CCC1CCCCN1C. The van der Waals surface area contributed by atoms with E-state index in [-0.39, 0.29) is 12.0 Å². The summed E-state index contributed by atoms with van der Waals surface area (Å²) in [7, 11) is 3.74. The predicted octanol–water partition coefficient (Wildman–Crippen LogP) is 1.89. The van der Waals surface area contributed by atoms with Crippen LogP contribution in [0.2, 0.25) is 0 Å². The van der Waals surface area contributed by atoms with E-state index in [0.717, 1.165) is 25.9 Å². The van der Waals surface area contributed by atoms with Crippen LogP contribution in [-0.2, 0) is 9.53 Å². The highest BCUT2D eigenvalue weighted by Crippen LogP contribution is 2.22. The van der Waals surface area contributed by atoms with Crippen molar-refractivity contribution < 1.29 is 9.53 Å². The Kier molecular flexibility index (Phi) is 5.64. The molecule has 2 aliphatic rings. The molecule has 0 radical (unpaired) electrons. The van der Waals surface area contributed by atoms with E-state index in [0.29, 0.717) is 6.04 Å². The number of piperidine rings is 2. The number of hydrogen-bond donors (Lipinski definition) is 0. The second kappa shape index (κ2) is 7.25. The maximum Gasteiger partial charge on any atom is 0.323 e. The number of rotatable bonds is 4. The number of esters is 1. The summed E-state index contributed by atoms with van der Waals surface area (Å²) in [4.78, 5) is 16.7. The summed E-state index contributed by atoms with van der Waals surface area (Å²) in [6.45, 7) is 3.32. The second-order valence-electron chi connectivity index (χ2n) is 5.99. The maximum atomic E-state index is 11.8. The third-order valence-corrected chi connectivity index (χ3v) is 4.76. The molecule has 0 aromatic heterocycles. The van der Waals surface area contributed by atoms with Crippen molar-refractivity contribution in [1.29, 1.82) is 0 Å². The second-order valence-corrected chi connectivity index (χ2v) is 5.99. The first-order chi connectivity index (χ1) is 9.22. The van der Waals surface area contributed by atoms with Crippen molar-refractivity contribution in [3.8, 4) is 0 Å². The minimum atomic E-state index is -0.0447. The number of ether oxygens (including phenoxy) is 1. The molecule has 110 valence electrons. The molecule has 19 heavy (non-hydrogen) atoms. The Hall–Kier alpha value is -0.610. The number of methoxy groups -OCH3 is 1. The van der Waals surface area contributed by atoms with Gasteiger partial charge in [-0.25, -0.2) is 0 Å². The molecule has 1 unspecified atom stereocenters. The summed E-state index contributed by atoms with van der Waals surface area (Å²) in [6.07, 6.45) is 8.52. The van der Waals surface area contributed by atoms with Crippen molar-refractivity contribution in [1.82, 2.24) is 9.80 Å². The van der Waals surface area contributed by atoms with Gasteiger partial charge >= 0.3 is 5.97 Å². The molecule has 0 aromatic carbocycles. The van der Waals surface area contributed by atoms with Gasteiger partial charge in [0.2, 0.25) is 0 Å². The molecule has 0 aliphatic carbocycles. The quantitative estimate of drug-likeness (QED) is 0.729. The van der Waals surface area contributed by atoms with E-state index in [9.17, 15) is 4.79 Å².